The normalized spacial score (nSPS) is 13.9. The quantitative estimate of drug-likeness (QED) is 0.568. The van der Waals surface area contributed by atoms with Crippen LogP contribution < -0.4 is 22.1 Å². The molecule has 1 heterocycles. The highest BCUT2D eigenvalue weighted by molar-refractivity contribution is 5.98. The molecule has 0 radical (unpaired) electrons. The lowest BCUT2D eigenvalue weighted by atomic mass is 10.2. The molecule has 0 aromatic carbocycles. The van der Waals surface area contributed by atoms with E-state index in [-0.39, 0.29) is 11.5 Å². The first-order valence-electron chi connectivity index (χ1n) is 6.15. The fraction of sp³-hybridized carbons (Fsp3) is 0.417. The van der Waals surface area contributed by atoms with Gasteiger partial charge in [0.1, 0.15) is 5.82 Å². The Morgan fingerprint density at radius 1 is 1.42 bits per heavy atom. The first-order valence-corrected chi connectivity index (χ1v) is 6.15. The van der Waals surface area contributed by atoms with Gasteiger partial charge in [0.25, 0.3) is 5.91 Å². The van der Waals surface area contributed by atoms with Crippen LogP contribution in [0.2, 0.25) is 0 Å². The fourth-order valence-corrected chi connectivity index (χ4v) is 1.63. The van der Waals surface area contributed by atoms with Crippen LogP contribution in [-0.2, 0) is 4.79 Å². The number of carbonyl (C=O) groups excluding carboxylic acids is 2. The molecule has 1 fully saturated rings. The number of aromatic nitrogens is 1. The summed E-state index contributed by atoms with van der Waals surface area (Å²) in [5.74, 6) is -0.267. The van der Waals surface area contributed by atoms with Crippen LogP contribution in [0.1, 0.15) is 29.6 Å². The highest BCUT2D eigenvalue weighted by atomic mass is 16.2. The zero-order valence-electron chi connectivity index (χ0n) is 10.5. The van der Waals surface area contributed by atoms with Gasteiger partial charge < -0.3 is 22.1 Å². The minimum atomic E-state index is -0.607. The molecule has 7 heteroatoms. The zero-order valence-corrected chi connectivity index (χ0v) is 10.5. The second-order valence-corrected chi connectivity index (χ2v) is 4.55. The van der Waals surface area contributed by atoms with E-state index in [1.807, 2.05) is 0 Å². The Balaban J connectivity index is 1.87. The maximum absolute atomic E-state index is 11.5. The van der Waals surface area contributed by atoms with Gasteiger partial charge in [-0.25, -0.2) is 4.98 Å². The SMILES string of the molecule is NC(=O)c1cc(N)cnc1NCCC(=O)NC1CC1. The van der Waals surface area contributed by atoms with Crippen molar-refractivity contribution in [3.8, 4) is 0 Å². The van der Waals surface area contributed by atoms with E-state index in [0.717, 1.165) is 12.8 Å². The maximum atomic E-state index is 11.5. The summed E-state index contributed by atoms with van der Waals surface area (Å²) in [5, 5.41) is 5.79. The molecule has 102 valence electrons. The Labute approximate surface area is 110 Å². The molecule has 1 aromatic heterocycles. The molecule has 2 rings (SSSR count). The fourth-order valence-electron chi connectivity index (χ4n) is 1.63. The summed E-state index contributed by atoms with van der Waals surface area (Å²) < 4.78 is 0. The highest BCUT2D eigenvalue weighted by Gasteiger charge is 2.22. The molecule has 0 atom stereocenters. The molecule has 7 nitrogen and oxygen atoms in total. The average molecular weight is 263 g/mol. The molecule has 0 unspecified atom stereocenters. The molecule has 6 N–H and O–H groups in total. The van der Waals surface area contributed by atoms with Gasteiger partial charge >= 0.3 is 0 Å². The lowest BCUT2D eigenvalue weighted by Crippen LogP contribution is -2.27. The van der Waals surface area contributed by atoms with Crippen LogP contribution in [-0.4, -0.2) is 29.4 Å². The topological polar surface area (TPSA) is 123 Å². The second kappa shape index (κ2) is 5.55. The Bertz CT molecular complexity index is 499. The number of carbonyl (C=O) groups is 2. The molecule has 19 heavy (non-hydrogen) atoms. The number of amides is 2. The van der Waals surface area contributed by atoms with Gasteiger partial charge in [0.05, 0.1) is 17.4 Å². The summed E-state index contributed by atoms with van der Waals surface area (Å²) in [6, 6.07) is 1.81. The van der Waals surface area contributed by atoms with E-state index in [4.69, 9.17) is 11.5 Å². The predicted molar refractivity (Wildman–Crippen MR) is 71.4 cm³/mol. The molecule has 1 aliphatic rings. The predicted octanol–water partition coefficient (Wildman–Crippen LogP) is -0.157. The molecular weight excluding hydrogens is 246 g/mol. The molecule has 1 aliphatic carbocycles. The van der Waals surface area contributed by atoms with Gasteiger partial charge in [-0.1, -0.05) is 0 Å². The van der Waals surface area contributed by atoms with Gasteiger partial charge in [-0.05, 0) is 18.9 Å². The van der Waals surface area contributed by atoms with E-state index in [1.54, 1.807) is 0 Å². The van der Waals surface area contributed by atoms with Crippen LogP contribution in [0.3, 0.4) is 0 Å². The number of rotatable bonds is 6. The summed E-state index contributed by atoms with van der Waals surface area (Å²) in [5.41, 5.74) is 11.4. The number of nitrogens with one attached hydrogen (secondary N) is 2. The zero-order chi connectivity index (χ0) is 13.8. The van der Waals surface area contributed by atoms with Crippen LogP contribution in [0.4, 0.5) is 11.5 Å². The number of nitrogens with two attached hydrogens (primary N) is 2. The number of anilines is 2. The van der Waals surface area contributed by atoms with Gasteiger partial charge in [-0.15, -0.1) is 0 Å². The van der Waals surface area contributed by atoms with Gasteiger partial charge in [-0.3, -0.25) is 9.59 Å². The van der Waals surface area contributed by atoms with Gasteiger partial charge in [-0.2, -0.15) is 0 Å². The van der Waals surface area contributed by atoms with E-state index in [2.05, 4.69) is 15.6 Å². The van der Waals surface area contributed by atoms with Crippen LogP contribution in [0.25, 0.3) is 0 Å². The standard InChI is InChI=1S/C12H17N5O2/c13-7-5-9(11(14)19)12(16-6-7)15-4-3-10(18)17-8-1-2-8/h5-6,8H,1-4,13H2,(H2,14,19)(H,15,16)(H,17,18). The number of nitrogen functional groups attached to an aromatic ring is 1. The van der Waals surface area contributed by atoms with E-state index < -0.39 is 5.91 Å². The Morgan fingerprint density at radius 3 is 2.79 bits per heavy atom. The Kier molecular flexibility index (Phi) is 3.84. The summed E-state index contributed by atoms with van der Waals surface area (Å²) in [6.07, 6.45) is 3.87. The van der Waals surface area contributed by atoms with Crippen LogP contribution in [0, 0.1) is 0 Å². The van der Waals surface area contributed by atoms with Gasteiger partial charge in [0.15, 0.2) is 0 Å². The van der Waals surface area contributed by atoms with Crippen molar-refractivity contribution in [1.82, 2.24) is 10.3 Å². The van der Waals surface area contributed by atoms with Crippen molar-refractivity contribution in [3.63, 3.8) is 0 Å². The van der Waals surface area contributed by atoms with E-state index in [9.17, 15) is 9.59 Å². The van der Waals surface area contributed by atoms with E-state index in [1.165, 1.54) is 12.3 Å². The summed E-state index contributed by atoms with van der Waals surface area (Å²) in [7, 11) is 0. The van der Waals surface area contributed by atoms with Crippen molar-refractivity contribution < 1.29 is 9.59 Å². The van der Waals surface area contributed by atoms with Crippen molar-refractivity contribution >= 4 is 23.3 Å². The third-order valence-electron chi connectivity index (χ3n) is 2.76. The average Bonchev–Trinajstić information content (AvgIpc) is 3.14. The van der Waals surface area contributed by atoms with E-state index >= 15 is 0 Å². The Morgan fingerprint density at radius 2 is 2.16 bits per heavy atom. The van der Waals surface area contributed by atoms with Crippen molar-refractivity contribution in [3.05, 3.63) is 17.8 Å². The summed E-state index contributed by atoms with van der Waals surface area (Å²) in [6.45, 7) is 0.385. The largest absolute Gasteiger partial charge is 0.397 e. The lowest BCUT2D eigenvalue weighted by Gasteiger charge is -2.09. The maximum Gasteiger partial charge on any atom is 0.252 e. The van der Waals surface area contributed by atoms with Crippen molar-refractivity contribution in [2.45, 2.75) is 25.3 Å². The van der Waals surface area contributed by atoms with Crippen molar-refractivity contribution in [2.24, 2.45) is 5.73 Å². The van der Waals surface area contributed by atoms with Crippen molar-refractivity contribution in [2.75, 3.05) is 17.6 Å². The smallest absolute Gasteiger partial charge is 0.252 e. The molecule has 1 aromatic rings. The van der Waals surface area contributed by atoms with Gasteiger partial charge in [0.2, 0.25) is 5.91 Å². The molecule has 0 saturated heterocycles. The first kappa shape index (κ1) is 13.1. The number of hydrogen-bond acceptors (Lipinski definition) is 5. The number of hydrogen-bond donors (Lipinski definition) is 4. The van der Waals surface area contributed by atoms with Gasteiger partial charge in [0, 0.05) is 19.0 Å². The third kappa shape index (κ3) is 3.84. The van der Waals surface area contributed by atoms with E-state index in [0.29, 0.717) is 30.5 Å². The summed E-state index contributed by atoms with van der Waals surface area (Å²) >= 11 is 0. The molecule has 0 aliphatic heterocycles. The van der Waals surface area contributed by atoms with Crippen LogP contribution in [0.5, 0.6) is 0 Å². The number of primary amides is 1. The minimum absolute atomic E-state index is 0.00827. The monoisotopic (exact) mass is 263 g/mol. The molecule has 0 bridgehead atoms. The first-order chi connectivity index (χ1) is 9.06. The molecular formula is C12H17N5O2. The minimum Gasteiger partial charge on any atom is -0.397 e. The second-order valence-electron chi connectivity index (χ2n) is 4.55. The lowest BCUT2D eigenvalue weighted by molar-refractivity contribution is -0.120. The van der Waals surface area contributed by atoms with Crippen LogP contribution in [0.15, 0.2) is 12.3 Å². The van der Waals surface area contributed by atoms with Crippen molar-refractivity contribution in [1.29, 1.82) is 0 Å². The van der Waals surface area contributed by atoms with Crippen LogP contribution >= 0.6 is 0 Å². The number of nitrogens with zero attached hydrogens (tertiary/aromatic N) is 1. The third-order valence-corrected chi connectivity index (χ3v) is 2.76. The highest BCUT2D eigenvalue weighted by Crippen LogP contribution is 2.18. The summed E-state index contributed by atoms with van der Waals surface area (Å²) in [4.78, 5) is 26.7. The number of pyridine rings is 1. The Hall–Kier alpha value is -2.31. The molecule has 1 saturated carbocycles. The molecule has 0 spiro atoms. The molecule has 2 amide bonds.